The standard InChI is InChI=1S/C27H38ClN5OS/c1-19(31-12-6-5-7-13-31)24-29-30-25(33(24)21-10-8-20(28)9-11-21)35-16-23(34)32-18-27(4)15-22(32)14-26(2,3)17-27/h8-11,19,22H,5-7,12-18H2,1-4H3/t19-,22+,27-/m1/s1. The number of halogens is 1. The lowest BCUT2D eigenvalue weighted by Crippen LogP contribution is -2.38. The van der Waals surface area contributed by atoms with Gasteiger partial charge in [-0.15, -0.1) is 10.2 Å². The highest BCUT2D eigenvalue weighted by atomic mass is 35.5. The van der Waals surface area contributed by atoms with Gasteiger partial charge in [-0.25, -0.2) is 0 Å². The van der Waals surface area contributed by atoms with Crippen LogP contribution in [0, 0.1) is 10.8 Å². The third kappa shape index (κ3) is 5.28. The van der Waals surface area contributed by atoms with Gasteiger partial charge in [0.05, 0.1) is 11.8 Å². The summed E-state index contributed by atoms with van der Waals surface area (Å²) in [7, 11) is 0. The van der Waals surface area contributed by atoms with E-state index in [2.05, 4.69) is 52.3 Å². The van der Waals surface area contributed by atoms with E-state index < -0.39 is 0 Å². The molecule has 1 aliphatic carbocycles. The Morgan fingerprint density at radius 2 is 1.83 bits per heavy atom. The third-order valence-electron chi connectivity index (χ3n) is 8.12. The van der Waals surface area contributed by atoms with Crippen LogP contribution in [0.1, 0.15) is 78.1 Å². The lowest BCUT2D eigenvalue weighted by Gasteiger charge is -2.39. The molecule has 1 aromatic heterocycles. The minimum Gasteiger partial charge on any atom is -0.338 e. The first-order chi connectivity index (χ1) is 16.6. The van der Waals surface area contributed by atoms with Crippen LogP contribution in [0.5, 0.6) is 0 Å². The predicted octanol–water partition coefficient (Wildman–Crippen LogP) is 5.99. The quantitative estimate of drug-likeness (QED) is 0.442. The van der Waals surface area contributed by atoms with Crippen LogP contribution in [-0.4, -0.2) is 61.9 Å². The Balaban J connectivity index is 1.36. The maximum absolute atomic E-state index is 13.4. The van der Waals surface area contributed by atoms with Crippen molar-refractivity contribution in [3.05, 3.63) is 35.1 Å². The molecule has 0 radical (unpaired) electrons. The van der Waals surface area contributed by atoms with Gasteiger partial charge < -0.3 is 4.90 Å². The third-order valence-corrected chi connectivity index (χ3v) is 9.28. The van der Waals surface area contributed by atoms with Gasteiger partial charge in [-0.1, -0.05) is 50.6 Å². The predicted molar refractivity (Wildman–Crippen MR) is 142 cm³/mol. The van der Waals surface area contributed by atoms with E-state index in [-0.39, 0.29) is 17.4 Å². The van der Waals surface area contributed by atoms with E-state index in [1.165, 1.54) is 37.4 Å². The highest BCUT2D eigenvalue weighted by Gasteiger charge is 2.50. The second-order valence-electron chi connectivity index (χ2n) is 11.9. The van der Waals surface area contributed by atoms with Gasteiger partial charge in [0.25, 0.3) is 0 Å². The molecule has 190 valence electrons. The molecule has 35 heavy (non-hydrogen) atoms. The van der Waals surface area contributed by atoms with Crippen LogP contribution < -0.4 is 0 Å². The number of benzene rings is 1. The average molecular weight is 516 g/mol. The summed E-state index contributed by atoms with van der Waals surface area (Å²) in [5.74, 6) is 1.53. The Kier molecular flexibility index (Phi) is 6.96. The lowest BCUT2D eigenvalue weighted by molar-refractivity contribution is -0.129. The number of fused-ring (bicyclic) bond motifs is 2. The molecule has 6 nitrogen and oxygen atoms in total. The Morgan fingerprint density at radius 3 is 2.54 bits per heavy atom. The summed E-state index contributed by atoms with van der Waals surface area (Å²) in [5.41, 5.74) is 1.53. The minimum absolute atomic E-state index is 0.156. The first-order valence-electron chi connectivity index (χ1n) is 13.0. The Labute approximate surface area is 218 Å². The molecule has 1 amide bonds. The number of thioether (sulfide) groups is 1. The number of amides is 1. The molecule has 3 heterocycles. The van der Waals surface area contributed by atoms with Crippen LogP contribution in [0.25, 0.3) is 5.69 Å². The van der Waals surface area contributed by atoms with Crippen molar-refractivity contribution in [2.24, 2.45) is 10.8 Å². The van der Waals surface area contributed by atoms with Gasteiger partial charge in [0.1, 0.15) is 0 Å². The average Bonchev–Trinajstić information content (AvgIpc) is 3.35. The van der Waals surface area contributed by atoms with Gasteiger partial charge in [0.15, 0.2) is 11.0 Å². The van der Waals surface area contributed by atoms with Gasteiger partial charge >= 0.3 is 0 Å². The van der Waals surface area contributed by atoms with Gasteiger partial charge in [-0.2, -0.15) is 0 Å². The van der Waals surface area contributed by atoms with E-state index >= 15 is 0 Å². The molecule has 0 N–H and O–H groups in total. The number of nitrogens with zero attached hydrogens (tertiary/aromatic N) is 5. The van der Waals surface area contributed by atoms with Crippen molar-refractivity contribution in [1.82, 2.24) is 24.6 Å². The molecule has 1 aromatic carbocycles. The summed E-state index contributed by atoms with van der Waals surface area (Å²) >= 11 is 7.69. The summed E-state index contributed by atoms with van der Waals surface area (Å²) in [4.78, 5) is 18.1. The van der Waals surface area contributed by atoms with Crippen LogP contribution in [0.15, 0.2) is 29.4 Å². The number of carbonyl (C=O) groups excluding carboxylic acids is 1. The molecular weight excluding hydrogens is 478 g/mol. The number of aromatic nitrogens is 3. The maximum Gasteiger partial charge on any atom is 0.233 e. The Morgan fingerprint density at radius 1 is 1.11 bits per heavy atom. The van der Waals surface area contributed by atoms with E-state index in [9.17, 15) is 4.79 Å². The highest BCUT2D eigenvalue weighted by molar-refractivity contribution is 7.99. The zero-order chi connectivity index (χ0) is 24.8. The van der Waals surface area contributed by atoms with Crippen LogP contribution in [-0.2, 0) is 4.79 Å². The summed E-state index contributed by atoms with van der Waals surface area (Å²) in [5, 5.41) is 10.7. The van der Waals surface area contributed by atoms with Gasteiger partial charge in [-0.05, 0) is 87.2 Å². The number of piperidine rings is 1. The van der Waals surface area contributed by atoms with E-state index in [0.717, 1.165) is 49.1 Å². The van der Waals surface area contributed by atoms with Crippen molar-refractivity contribution in [2.45, 2.75) is 83.5 Å². The number of hydrogen-bond acceptors (Lipinski definition) is 5. The number of rotatable bonds is 6. The van der Waals surface area contributed by atoms with E-state index in [1.807, 2.05) is 24.3 Å². The summed E-state index contributed by atoms with van der Waals surface area (Å²) < 4.78 is 2.13. The number of likely N-dealkylation sites (tertiary alicyclic amines) is 2. The van der Waals surface area contributed by atoms with E-state index in [1.54, 1.807) is 0 Å². The summed E-state index contributed by atoms with van der Waals surface area (Å²) in [6, 6.07) is 8.34. The van der Waals surface area contributed by atoms with Crippen LogP contribution in [0.3, 0.4) is 0 Å². The van der Waals surface area contributed by atoms with Crippen LogP contribution in [0.4, 0.5) is 0 Å². The second kappa shape index (κ2) is 9.71. The fourth-order valence-corrected chi connectivity index (χ4v) is 7.88. The fourth-order valence-electron chi connectivity index (χ4n) is 6.91. The van der Waals surface area contributed by atoms with Gasteiger partial charge in [0, 0.05) is 23.3 Å². The molecule has 2 aromatic rings. The number of hydrogen-bond donors (Lipinski definition) is 0. The first-order valence-corrected chi connectivity index (χ1v) is 14.4. The van der Waals surface area contributed by atoms with Gasteiger partial charge in [-0.3, -0.25) is 14.3 Å². The molecule has 3 atom stereocenters. The van der Waals surface area contributed by atoms with Crippen molar-refractivity contribution >= 4 is 29.3 Å². The molecule has 0 spiro atoms. The zero-order valence-electron chi connectivity index (χ0n) is 21.5. The minimum atomic E-state index is 0.156. The molecule has 8 heteroatoms. The molecule has 0 unspecified atom stereocenters. The maximum atomic E-state index is 13.4. The topological polar surface area (TPSA) is 54.3 Å². The molecule has 2 bridgehead atoms. The smallest absolute Gasteiger partial charge is 0.233 e. The molecule has 2 saturated heterocycles. The Hall–Kier alpha value is -1.57. The molecular formula is C27H38ClN5OS. The number of carbonyl (C=O) groups is 1. The SMILES string of the molecule is C[C@H](c1nnc(SCC(=O)N2C[C@]3(C)C[C@@H]2CC(C)(C)C3)n1-c1ccc(Cl)cc1)N1CCCCC1. The normalized spacial score (nSPS) is 27.2. The van der Waals surface area contributed by atoms with Crippen molar-refractivity contribution in [1.29, 1.82) is 0 Å². The largest absolute Gasteiger partial charge is 0.338 e. The second-order valence-corrected chi connectivity index (χ2v) is 13.3. The van der Waals surface area contributed by atoms with Crippen molar-refractivity contribution in [3.8, 4) is 5.69 Å². The summed E-state index contributed by atoms with van der Waals surface area (Å²) in [6.45, 7) is 12.3. The van der Waals surface area contributed by atoms with Crippen molar-refractivity contribution < 1.29 is 4.79 Å². The zero-order valence-corrected chi connectivity index (χ0v) is 23.0. The molecule has 3 fully saturated rings. The first kappa shape index (κ1) is 25.1. The molecule has 5 rings (SSSR count). The molecule has 1 saturated carbocycles. The summed E-state index contributed by atoms with van der Waals surface area (Å²) in [6.07, 6.45) is 7.16. The van der Waals surface area contributed by atoms with E-state index in [0.29, 0.717) is 22.2 Å². The monoisotopic (exact) mass is 515 g/mol. The Bertz CT molecular complexity index is 1060. The fraction of sp³-hybridized carbons (Fsp3) is 0.667. The molecule has 3 aliphatic rings. The lowest BCUT2D eigenvalue weighted by atomic mass is 9.65. The van der Waals surface area contributed by atoms with Crippen LogP contribution in [0.2, 0.25) is 5.02 Å². The van der Waals surface area contributed by atoms with Crippen LogP contribution >= 0.6 is 23.4 Å². The van der Waals surface area contributed by atoms with Crippen molar-refractivity contribution in [3.63, 3.8) is 0 Å². The van der Waals surface area contributed by atoms with E-state index in [4.69, 9.17) is 11.6 Å². The highest BCUT2D eigenvalue weighted by Crippen LogP contribution is 2.52. The van der Waals surface area contributed by atoms with Crippen molar-refractivity contribution in [2.75, 3.05) is 25.4 Å². The van der Waals surface area contributed by atoms with Gasteiger partial charge in [0.2, 0.25) is 5.91 Å². The molecule has 2 aliphatic heterocycles.